The van der Waals surface area contributed by atoms with Crippen LogP contribution in [-0.4, -0.2) is 26.6 Å². The summed E-state index contributed by atoms with van der Waals surface area (Å²) in [5.74, 6) is 1.09. The molecule has 2 aromatic rings. The Morgan fingerprint density at radius 1 is 1.22 bits per heavy atom. The molecule has 8 heteroatoms. The van der Waals surface area contributed by atoms with Crippen LogP contribution in [-0.2, 0) is 10.0 Å². The van der Waals surface area contributed by atoms with Gasteiger partial charge >= 0.3 is 0 Å². The van der Waals surface area contributed by atoms with E-state index in [4.69, 9.17) is 16.3 Å². The first kappa shape index (κ1) is 17.4. The minimum Gasteiger partial charge on any atom is -0.495 e. The summed E-state index contributed by atoms with van der Waals surface area (Å²) in [6.45, 7) is 3.98. The van der Waals surface area contributed by atoms with Gasteiger partial charge in [-0.05, 0) is 44.2 Å². The van der Waals surface area contributed by atoms with Crippen LogP contribution in [0.1, 0.15) is 13.8 Å². The molecule has 1 aromatic carbocycles. The molecular formula is C15H18ClN3O3S. The lowest BCUT2D eigenvalue weighted by Crippen LogP contribution is -2.14. The number of hydrogen-bond donors (Lipinski definition) is 2. The van der Waals surface area contributed by atoms with E-state index in [1.54, 1.807) is 12.1 Å². The molecule has 0 saturated heterocycles. The number of nitrogens with zero attached hydrogens (tertiary/aromatic N) is 1. The smallest absolute Gasteiger partial charge is 0.261 e. The molecule has 0 atom stereocenters. The van der Waals surface area contributed by atoms with E-state index < -0.39 is 10.0 Å². The highest BCUT2D eigenvalue weighted by atomic mass is 35.5. The number of nitrogens with one attached hydrogen (secondary N) is 2. The predicted molar refractivity (Wildman–Crippen MR) is 91.8 cm³/mol. The molecule has 0 amide bonds. The first-order valence-electron chi connectivity index (χ1n) is 6.91. The highest BCUT2D eigenvalue weighted by Gasteiger charge is 2.16. The third-order valence-electron chi connectivity index (χ3n) is 2.89. The van der Waals surface area contributed by atoms with Gasteiger partial charge in [0.05, 0.1) is 28.9 Å². The molecule has 1 aromatic heterocycles. The summed E-state index contributed by atoms with van der Waals surface area (Å²) in [4.78, 5) is 4.21. The average molecular weight is 356 g/mol. The van der Waals surface area contributed by atoms with Crippen molar-refractivity contribution in [1.82, 2.24) is 4.98 Å². The number of pyridine rings is 1. The monoisotopic (exact) mass is 355 g/mol. The molecule has 2 rings (SSSR count). The van der Waals surface area contributed by atoms with Crippen LogP contribution in [0.15, 0.2) is 41.4 Å². The molecule has 2 N–H and O–H groups in total. The SMILES string of the molecule is COc1ccc(S(=O)(=O)Nc2ccc(NC(C)C)nc2)cc1Cl. The molecule has 6 nitrogen and oxygen atoms in total. The van der Waals surface area contributed by atoms with Crippen molar-refractivity contribution in [1.29, 1.82) is 0 Å². The predicted octanol–water partition coefficient (Wildman–Crippen LogP) is 3.36. The summed E-state index contributed by atoms with van der Waals surface area (Å²) in [6.07, 6.45) is 1.45. The molecule has 124 valence electrons. The van der Waals surface area contributed by atoms with E-state index in [0.717, 1.165) is 0 Å². The van der Waals surface area contributed by atoms with Crippen LogP contribution in [0.2, 0.25) is 5.02 Å². The van der Waals surface area contributed by atoms with E-state index in [-0.39, 0.29) is 16.0 Å². The van der Waals surface area contributed by atoms with Gasteiger partial charge in [-0.1, -0.05) is 11.6 Å². The van der Waals surface area contributed by atoms with Crippen LogP contribution in [0.25, 0.3) is 0 Å². The molecule has 0 aliphatic carbocycles. The molecule has 0 aliphatic rings. The summed E-state index contributed by atoms with van der Waals surface area (Å²) in [5, 5.41) is 3.35. The van der Waals surface area contributed by atoms with Crippen molar-refractivity contribution in [3.63, 3.8) is 0 Å². The van der Waals surface area contributed by atoms with Gasteiger partial charge in [-0.25, -0.2) is 13.4 Å². The third kappa shape index (κ3) is 4.49. The maximum Gasteiger partial charge on any atom is 0.261 e. The Morgan fingerprint density at radius 2 is 1.96 bits per heavy atom. The first-order valence-corrected chi connectivity index (χ1v) is 8.77. The maximum absolute atomic E-state index is 12.4. The van der Waals surface area contributed by atoms with Gasteiger partial charge in [-0.3, -0.25) is 4.72 Å². The van der Waals surface area contributed by atoms with E-state index in [2.05, 4.69) is 15.0 Å². The molecule has 0 spiro atoms. The number of aromatic nitrogens is 1. The number of methoxy groups -OCH3 is 1. The fourth-order valence-corrected chi connectivity index (χ4v) is 3.26. The number of benzene rings is 1. The molecule has 1 heterocycles. The van der Waals surface area contributed by atoms with Crippen LogP contribution in [0.4, 0.5) is 11.5 Å². The lowest BCUT2D eigenvalue weighted by Gasteiger charge is -2.11. The van der Waals surface area contributed by atoms with Crippen LogP contribution < -0.4 is 14.8 Å². The summed E-state index contributed by atoms with van der Waals surface area (Å²) >= 11 is 5.97. The average Bonchev–Trinajstić information content (AvgIpc) is 2.48. The Morgan fingerprint density at radius 3 is 2.48 bits per heavy atom. The van der Waals surface area contributed by atoms with Crippen LogP contribution >= 0.6 is 11.6 Å². The van der Waals surface area contributed by atoms with E-state index in [9.17, 15) is 8.42 Å². The Kier molecular flexibility index (Phi) is 5.33. The summed E-state index contributed by atoms with van der Waals surface area (Å²) < 4.78 is 32.2. The van der Waals surface area contributed by atoms with E-state index in [1.165, 1.54) is 31.5 Å². The van der Waals surface area contributed by atoms with Gasteiger partial charge in [0.15, 0.2) is 0 Å². The normalized spacial score (nSPS) is 11.3. The van der Waals surface area contributed by atoms with Crippen molar-refractivity contribution in [2.45, 2.75) is 24.8 Å². The second kappa shape index (κ2) is 7.06. The van der Waals surface area contributed by atoms with Crippen molar-refractivity contribution < 1.29 is 13.2 Å². The number of anilines is 2. The fourth-order valence-electron chi connectivity index (χ4n) is 1.86. The topological polar surface area (TPSA) is 80.3 Å². The molecular weight excluding hydrogens is 338 g/mol. The van der Waals surface area contributed by atoms with Gasteiger partial charge in [0.1, 0.15) is 11.6 Å². The molecule has 23 heavy (non-hydrogen) atoms. The first-order chi connectivity index (χ1) is 10.8. The summed E-state index contributed by atoms with van der Waals surface area (Å²) in [7, 11) is -2.28. The summed E-state index contributed by atoms with van der Waals surface area (Å²) in [6, 6.07) is 7.86. The quantitative estimate of drug-likeness (QED) is 0.830. The largest absolute Gasteiger partial charge is 0.495 e. The second-order valence-corrected chi connectivity index (χ2v) is 7.22. The summed E-state index contributed by atoms with van der Waals surface area (Å²) in [5.41, 5.74) is 0.367. The van der Waals surface area contributed by atoms with Crippen molar-refractivity contribution in [3.05, 3.63) is 41.6 Å². The molecule has 0 bridgehead atoms. The number of hydrogen-bond acceptors (Lipinski definition) is 5. The van der Waals surface area contributed by atoms with Gasteiger partial charge in [-0.15, -0.1) is 0 Å². The lowest BCUT2D eigenvalue weighted by atomic mass is 10.3. The minimum absolute atomic E-state index is 0.0488. The highest BCUT2D eigenvalue weighted by molar-refractivity contribution is 7.92. The van der Waals surface area contributed by atoms with Crippen molar-refractivity contribution in [2.75, 3.05) is 17.1 Å². The number of ether oxygens (including phenoxy) is 1. The van der Waals surface area contributed by atoms with Gasteiger partial charge in [0.25, 0.3) is 10.0 Å². The number of sulfonamides is 1. The Balaban J connectivity index is 2.19. The minimum atomic E-state index is -3.75. The lowest BCUT2D eigenvalue weighted by molar-refractivity contribution is 0.414. The van der Waals surface area contributed by atoms with Crippen molar-refractivity contribution >= 4 is 33.1 Å². The standard InChI is InChI=1S/C15H18ClN3O3S/c1-10(2)18-15-7-4-11(9-17-15)19-23(20,21)12-5-6-14(22-3)13(16)8-12/h4-10,19H,1-3H3,(H,17,18). The number of rotatable bonds is 6. The zero-order chi connectivity index (χ0) is 17.0. The highest BCUT2D eigenvalue weighted by Crippen LogP contribution is 2.27. The Labute approximate surface area is 140 Å². The van der Waals surface area contributed by atoms with Crippen LogP contribution in [0.5, 0.6) is 5.75 Å². The maximum atomic E-state index is 12.4. The van der Waals surface area contributed by atoms with Gasteiger partial charge in [0.2, 0.25) is 0 Å². The van der Waals surface area contributed by atoms with Crippen LogP contribution in [0.3, 0.4) is 0 Å². The van der Waals surface area contributed by atoms with E-state index in [0.29, 0.717) is 17.3 Å². The van der Waals surface area contributed by atoms with Gasteiger partial charge in [0, 0.05) is 6.04 Å². The van der Waals surface area contributed by atoms with E-state index >= 15 is 0 Å². The van der Waals surface area contributed by atoms with E-state index in [1.807, 2.05) is 13.8 Å². The van der Waals surface area contributed by atoms with Crippen LogP contribution in [0, 0.1) is 0 Å². The number of halogens is 1. The zero-order valence-electron chi connectivity index (χ0n) is 13.0. The molecule has 0 saturated carbocycles. The third-order valence-corrected chi connectivity index (χ3v) is 4.56. The van der Waals surface area contributed by atoms with Gasteiger partial charge in [-0.2, -0.15) is 0 Å². The molecule has 0 radical (unpaired) electrons. The van der Waals surface area contributed by atoms with Crippen molar-refractivity contribution in [3.8, 4) is 5.75 Å². The Hall–Kier alpha value is -1.99. The Bertz CT molecular complexity index is 777. The zero-order valence-corrected chi connectivity index (χ0v) is 14.6. The van der Waals surface area contributed by atoms with Crippen molar-refractivity contribution in [2.24, 2.45) is 0 Å². The molecule has 0 unspecified atom stereocenters. The second-order valence-electron chi connectivity index (χ2n) is 5.13. The molecule has 0 fully saturated rings. The van der Waals surface area contributed by atoms with Gasteiger partial charge < -0.3 is 10.1 Å². The molecule has 0 aliphatic heterocycles. The fraction of sp³-hybridized carbons (Fsp3) is 0.267.